The minimum Gasteiger partial charge on any atom is -0.352 e. The van der Waals surface area contributed by atoms with E-state index in [0.29, 0.717) is 24.9 Å². The third-order valence-corrected chi connectivity index (χ3v) is 5.43. The van der Waals surface area contributed by atoms with Gasteiger partial charge in [-0.1, -0.05) is 19.3 Å². The molecule has 1 saturated carbocycles. The molecule has 136 valence electrons. The van der Waals surface area contributed by atoms with Crippen LogP contribution < -0.4 is 10.6 Å². The molecule has 5 heteroatoms. The summed E-state index contributed by atoms with van der Waals surface area (Å²) in [6.45, 7) is 1.73. The monoisotopic (exact) mass is 343 g/mol. The molecule has 0 aromatic heterocycles. The fourth-order valence-electron chi connectivity index (χ4n) is 3.86. The number of aryl methyl sites for hydroxylation is 1. The third kappa shape index (κ3) is 4.82. The van der Waals surface area contributed by atoms with Crippen molar-refractivity contribution in [3.63, 3.8) is 0 Å². The van der Waals surface area contributed by atoms with E-state index in [4.69, 9.17) is 0 Å². The maximum absolute atomic E-state index is 12.3. The van der Waals surface area contributed by atoms with Crippen molar-refractivity contribution in [1.82, 2.24) is 10.2 Å². The van der Waals surface area contributed by atoms with Gasteiger partial charge in [-0.2, -0.15) is 0 Å². The maximum Gasteiger partial charge on any atom is 0.251 e. The Hall–Kier alpha value is -1.88. The zero-order valence-corrected chi connectivity index (χ0v) is 15.1. The molecule has 0 atom stereocenters. The van der Waals surface area contributed by atoms with Gasteiger partial charge in [-0.25, -0.2) is 0 Å². The number of carbonyl (C=O) groups is 2. The summed E-state index contributed by atoms with van der Waals surface area (Å²) < 4.78 is 0. The third-order valence-electron chi connectivity index (χ3n) is 5.43. The number of anilines is 1. The second kappa shape index (κ2) is 8.48. The Balaban J connectivity index is 1.42. The molecule has 0 bridgehead atoms. The predicted molar refractivity (Wildman–Crippen MR) is 99.8 cm³/mol. The highest BCUT2D eigenvalue weighted by Crippen LogP contribution is 2.23. The summed E-state index contributed by atoms with van der Waals surface area (Å²) >= 11 is 0. The molecule has 5 nitrogen and oxygen atoms in total. The summed E-state index contributed by atoms with van der Waals surface area (Å²) in [6, 6.07) is 6.24. The number of hydrogen-bond donors (Lipinski definition) is 2. The zero-order valence-electron chi connectivity index (χ0n) is 15.1. The Morgan fingerprint density at radius 3 is 2.84 bits per heavy atom. The van der Waals surface area contributed by atoms with Gasteiger partial charge in [0, 0.05) is 30.3 Å². The van der Waals surface area contributed by atoms with E-state index in [0.717, 1.165) is 30.3 Å². The van der Waals surface area contributed by atoms with Crippen molar-refractivity contribution >= 4 is 17.5 Å². The average molecular weight is 343 g/mol. The zero-order chi connectivity index (χ0) is 17.6. The van der Waals surface area contributed by atoms with Crippen molar-refractivity contribution in [3.05, 3.63) is 29.3 Å². The maximum atomic E-state index is 12.3. The van der Waals surface area contributed by atoms with E-state index >= 15 is 0 Å². The largest absolute Gasteiger partial charge is 0.352 e. The number of fused-ring (bicyclic) bond motifs is 1. The lowest BCUT2D eigenvalue weighted by Gasteiger charge is -2.31. The lowest BCUT2D eigenvalue weighted by molar-refractivity contribution is -0.116. The topological polar surface area (TPSA) is 61.4 Å². The summed E-state index contributed by atoms with van der Waals surface area (Å²) in [5.74, 6) is 0.0202. The summed E-state index contributed by atoms with van der Waals surface area (Å²) in [5.41, 5.74) is 2.56. The van der Waals surface area contributed by atoms with Crippen LogP contribution in [0.4, 0.5) is 5.69 Å². The van der Waals surface area contributed by atoms with Crippen molar-refractivity contribution in [3.8, 4) is 0 Å². The molecule has 2 amide bonds. The highest BCUT2D eigenvalue weighted by atomic mass is 16.2. The number of nitrogens with one attached hydrogen (secondary N) is 2. The van der Waals surface area contributed by atoms with Gasteiger partial charge in [0.2, 0.25) is 5.91 Å². The summed E-state index contributed by atoms with van der Waals surface area (Å²) in [6.07, 6.45) is 8.88. The van der Waals surface area contributed by atoms with Crippen LogP contribution in [0.5, 0.6) is 0 Å². The van der Waals surface area contributed by atoms with Gasteiger partial charge < -0.3 is 15.5 Å². The lowest BCUT2D eigenvalue weighted by Crippen LogP contribution is -2.35. The van der Waals surface area contributed by atoms with Gasteiger partial charge >= 0.3 is 0 Å². The van der Waals surface area contributed by atoms with Crippen molar-refractivity contribution in [2.45, 2.75) is 57.4 Å². The Labute approximate surface area is 150 Å². The molecule has 2 N–H and O–H groups in total. The molecule has 25 heavy (non-hydrogen) atoms. The minimum absolute atomic E-state index is 0.0278. The molecule has 1 aromatic carbocycles. The van der Waals surface area contributed by atoms with Gasteiger partial charge in [-0.3, -0.25) is 9.59 Å². The summed E-state index contributed by atoms with van der Waals surface area (Å²) in [7, 11) is 2.20. The van der Waals surface area contributed by atoms with E-state index in [2.05, 4.69) is 22.6 Å². The van der Waals surface area contributed by atoms with Gasteiger partial charge in [-0.05, 0) is 63.0 Å². The molecule has 0 saturated heterocycles. The molecule has 1 aliphatic heterocycles. The Kier molecular flexibility index (Phi) is 6.08. The van der Waals surface area contributed by atoms with E-state index in [9.17, 15) is 9.59 Å². The Morgan fingerprint density at radius 1 is 1.24 bits per heavy atom. The Bertz CT molecular complexity index is 623. The predicted octanol–water partition coefficient (Wildman–Crippen LogP) is 2.96. The van der Waals surface area contributed by atoms with Gasteiger partial charge in [0.05, 0.1) is 0 Å². The van der Waals surface area contributed by atoms with Crippen molar-refractivity contribution in [2.24, 2.45) is 0 Å². The van der Waals surface area contributed by atoms with Crippen LogP contribution in [0, 0.1) is 0 Å². The molecule has 0 radical (unpaired) electrons. The molecular weight excluding hydrogens is 314 g/mol. The average Bonchev–Trinajstić information content (AvgIpc) is 2.65. The van der Waals surface area contributed by atoms with E-state index in [1.54, 1.807) is 6.07 Å². The fraction of sp³-hybridized carbons (Fsp3) is 0.600. The SMILES string of the molecule is CN(CCCNC(=O)c1ccc2c(c1)CCC(=O)N2)C1CCCCC1. The summed E-state index contributed by atoms with van der Waals surface area (Å²) in [5, 5.41) is 5.87. The van der Waals surface area contributed by atoms with Crippen LogP contribution in [0.3, 0.4) is 0 Å². The highest BCUT2D eigenvalue weighted by Gasteiger charge is 2.18. The number of carbonyl (C=O) groups excluding carboxylic acids is 2. The molecular formula is C20H29N3O2. The van der Waals surface area contributed by atoms with Gasteiger partial charge in [-0.15, -0.1) is 0 Å². The van der Waals surface area contributed by atoms with Crippen molar-refractivity contribution in [2.75, 3.05) is 25.5 Å². The molecule has 1 aliphatic carbocycles. The highest BCUT2D eigenvalue weighted by molar-refractivity contribution is 5.97. The first-order valence-electron chi connectivity index (χ1n) is 9.55. The molecule has 1 heterocycles. The van der Waals surface area contributed by atoms with Gasteiger partial charge in [0.25, 0.3) is 5.91 Å². The van der Waals surface area contributed by atoms with Crippen LogP contribution >= 0.6 is 0 Å². The molecule has 1 aromatic rings. The van der Waals surface area contributed by atoms with E-state index in [1.807, 2.05) is 12.1 Å². The molecule has 2 aliphatic rings. The molecule has 3 rings (SSSR count). The second-order valence-corrected chi connectivity index (χ2v) is 7.30. The second-order valence-electron chi connectivity index (χ2n) is 7.30. The quantitative estimate of drug-likeness (QED) is 0.781. The first-order chi connectivity index (χ1) is 12.1. The fourth-order valence-corrected chi connectivity index (χ4v) is 3.86. The van der Waals surface area contributed by atoms with Crippen LogP contribution in [0.2, 0.25) is 0 Å². The van der Waals surface area contributed by atoms with Gasteiger partial charge in [0.15, 0.2) is 0 Å². The molecule has 1 fully saturated rings. The standard InChI is InChI=1S/C20H29N3O2/c1-23(17-6-3-2-4-7-17)13-5-12-21-20(25)16-8-10-18-15(14-16)9-11-19(24)22-18/h8,10,14,17H,2-7,9,11-13H2,1H3,(H,21,25)(H,22,24). The van der Waals surface area contributed by atoms with Crippen molar-refractivity contribution < 1.29 is 9.59 Å². The van der Waals surface area contributed by atoms with Gasteiger partial charge in [0.1, 0.15) is 0 Å². The van der Waals surface area contributed by atoms with Crippen LogP contribution in [-0.2, 0) is 11.2 Å². The molecule has 0 unspecified atom stereocenters. The number of nitrogens with zero attached hydrogens (tertiary/aromatic N) is 1. The van der Waals surface area contributed by atoms with E-state index < -0.39 is 0 Å². The number of benzene rings is 1. The van der Waals surface area contributed by atoms with Crippen LogP contribution in [0.25, 0.3) is 0 Å². The summed E-state index contributed by atoms with van der Waals surface area (Å²) in [4.78, 5) is 26.2. The van der Waals surface area contributed by atoms with Crippen LogP contribution in [0.1, 0.15) is 60.9 Å². The smallest absolute Gasteiger partial charge is 0.251 e. The number of rotatable bonds is 6. The number of hydrogen-bond acceptors (Lipinski definition) is 3. The first-order valence-corrected chi connectivity index (χ1v) is 9.55. The van der Waals surface area contributed by atoms with E-state index in [-0.39, 0.29) is 11.8 Å². The lowest BCUT2D eigenvalue weighted by atomic mass is 9.94. The van der Waals surface area contributed by atoms with E-state index in [1.165, 1.54) is 32.1 Å². The Morgan fingerprint density at radius 2 is 2.04 bits per heavy atom. The van der Waals surface area contributed by atoms with Crippen molar-refractivity contribution in [1.29, 1.82) is 0 Å². The number of amides is 2. The minimum atomic E-state index is -0.0278. The molecule has 0 spiro atoms. The van der Waals surface area contributed by atoms with Crippen LogP contribution in [0.15, 0.2) is 18.2 Å². The van der Waals surface area contributed by atoms with Crippen LogP contribution in [-0.4, -0.2) is 42.9 Å². The first kappa shape index (κ1) is 17.9. The normalized spacial score (nSPS) is 17.9.